The van der Waals surface area contributed by atoms with E-state index in [0.29, 0.717) is 58.2 Å². The van der Waals surface area contributed by atoms with Gasteiger partial charge in [0.15, 0.2) is 0 Å². The normalized spacial score (nSPS) is 11.6. The number of esters is 4. The van der Waals surface area contributed by atoms with Crippen molar-refractivity contribution >= 4 is 23.9 Å². The van der Waals surface area contributed by atoms with E-state index < -0.39 is 0 Å². The van der Waals surface area contributed by atoms with E-state index in [2.05, 4.69) is 13.8 Å². The molecule has 0 amide bonds. The fourth-order valence-corrected chi connectivity index (χ4v) is 5.34. The lowest BCUT2D eigenvalue weighted by Gasteiger charge is -2.14. The first-order valence-corrected chi connectivity index (χ1v) is 19.7. The van der Waals surface area contributed by atoms with Crippen LogP contribution in [0.2, 0.25) is 0 Å². The van der Waals surface area contributed by atoms with Gasteiger partial charge >= 0.3 is 23.9 Å². The summed E-state index contributed by atoms with van der Waals surface area (Å²) in [7, 11) is 0. The van der Waals surface area contributed by atoms with Crippen molar-refractivity contribution in [3.63, 3.8) is 0 Å². The van der Waals surface area contributed by atoms with Gasteiger partial charge in [0.2, 0.25) is 0 Å². The zero-order valence-corrected chi connectivity index (χ0v) is 30.9. The van der Waals surface area contributed by atoms with E-state index >= 15 is 0 Å². The van der Waals surface area contributed by atoms with Gasteiger partial charge in [-0.15, -0.1) is 0 Å². The Labute approximate surface area is 293 Å². The first-order chi connectivity index (χ1) is 23.4. The van der Waals surface area contributed by atoms with Gasteiger partial charge in [-0.2, -0.15) is 0 Å². The third-order valence-corrected chi connectivity index (χ3v) is 8.57. The topological polar surface area (TPSA) is 125 Å². The van der Waals surface area contributed by atoms with Crippen molar-refractivity contribution in [3.8, 4) is 0 Å². The van der Waals surface area contributed by atoms with Crippen LogP contribution in [0.25, 0.3) is 0 Å². The van der Waals surface area contributed by atoms with Crippen LogP contribution in [0.3, 0.4) is 0 Å². The number of aliphatic hydroxyl groups excluding tert-OH is 1. The molecule has 0 aromatic carbocycles. The molecule has 0 aromatic rings. The van der Waals surface area contributed by atoms with Crippen molar-refractivity contribution in [2.75, 3.05) is 33.0 Å². The number of carbonyl (C=O) groups excluding carboxylic acids is 4. The molecule has 1 atom stereocenters. The number of ether oxygens (including phenoxy) is 4. The molecule has 0 rings (SSSR count). The third-order valence-electron chi connectivity index (χ3n) is 8.57. The fraction of sp³-hybridized carbons (Fsp3) is 0.897. The molecule has 1 unspecified atom stereocenters. The molecule has 0 spiro atoms. The lowest BCUT2D eigenvalue weighted by Crippen LogP contribution is -2.20. The van der Waals surface area contributed by atoms with E-state index in [0.717, 1.165) is 38.5 Å². The molecule has 0 fully saturated rings. The summed E-state index contributed by atoms with van der Waals surface area (Å²) in [6.07, 6.45) is 25.2. The molecule has 0 heterocycles. The van der Waals surface area contributed by atoms with Crippen molar-refractivity contribution in [2.45, 2.75) is 187 Å². The quantitative estimate of drug-likeness (QED) is 0.0390. The van der Waals surface area contributed by atoms with Gasteiger partial charge in [0.05, 0.1) is 26.4 Å². The maximum atomic E-state index is 12.1. The number of aliphatic hydroxyl groups is 1. The molecule has 0 aliphatic rings. The van der Waals surface area contributed by atoms with Crippen LogP contribution < -0.4 is 0 Å². The Kier molecular flexibility index (Phi) is 34.5. The summed E-state index contributed by atoms with van der Waals surface area (Å²) in [5.41, 5.74) is 0. The first-order valence-electron chi connectivity index (χ1n) is 19.7. The Bertz CT molecular complexity index is 771. The van der Waals surface area contributed by atoms with Crippen LogP contribution in [0.1, 0.15) is 187 Å². The van der Waals surface area contributed by atoms with E-state index in [1.54, 1.807) is 0 Å². The van der Waals surface area contributed by atoms with Gasteiger partial charge in [0, 0.05) is 38.2 Å². The van der Waals surface area contributed by atoms with Crippen LogP contribution in [0.4, 0.5) is 0 Å². The van der Waals surface area contributed by atoms with Crippen LogP contribution >= 0.6 is 0 Å². The standard InChI is InChI=1S/C39H72O9/c1-3-5-7-9-11-13-15-23-30-45-36(41)25-19-17-21-27-38(43)47-32-29-35(33-40)34-48-39(44)28-22-18-20-26-37(42)46-31-24-16-14-12-10-8-6-4-2/h35,40H,3-34H2,1-2H3. The van der Waals surface area contributed by atoms with Gasteiger partial charge in [-0.05, 0) is 44.9 Å². The highest BCUT2D eigenvalue weighted by Gasteiger charge is 2.13. The minimum Gasteiger partial charge on any atom is -0.466 e. The summed E-state index contributed by atoms with van der Waals surface area (Å²) in [6, 6.07) is 0. The zero-order valence-electron chi connectivity index (χ0n) is 30.9. The zero-order chi connectivity index (χ0) is 35.3. The fourth-order valence-electron chi connectivity index (χ4n) is 5.34. The predicted molar refractivity (Wildman–Crippen MR) is 190 cm³/mol. The van der Waals surface area contributed by atoms with Crippen molar-refractivity contribution in [1.82, 2.24) is 0 Å². The number of hydrogen-bond acceptors (Lipinski definition) is 9. The molecule has 48 heavy (non-hydrogen) atoms. The van der Waals surface area contributed by atoms with Crippen LogP contribution in [0, 0.1) is 5.92 Å². The van der Waals surface area contributed by atoms with Crippen LogP contribution in [-0.4, -0.2) is 62.0 Å². The second kappa shape index (κ2) is 36.1. The van der Waals surface area contributed by atoms with E-state index in [-0.39, 0.29) is 62.5 Å². The average Bonchev–Trinajstić information content (AvgIpc) is 3.07. The first kappa shape index (κ1) is 45.8. The van der Waals surface area contributed by atoms with Crippen molar-refractivity contribution in [1.29, 1.82) is 0 Å². The molecule has 0 aromatic heterocycles. The smallest absolute Gasteiger partial charge is 0.305 e. The maximum Gasteiger partial charge on any atom is 0.305 e. The lowest BCUT2D eigenvalue weighted by atomic mass is 10.1. The SMILES string of the molecule is CCCCCCCCCCOC(=O)CCCCCC(=O)OCCC(CO)COC(=O)CCCCCC(=O)OCCCCCCCCCC. The summed E-state index contributed by atoms with van der Waals surface area (Å²) >= 11 is 0. The van der Waals surface area contributed by atoms with Crippen molar-refractivity contribution < 1.29 is 43.2 Å². The Morgan fingerprint density at radius 3 is 1.10 bits per heavy atom. The molecule has 0 aliphatic heterocycles. The Morgan fingerprint density at radius 1 is 0.417 bits per heavy atom. The second-order valence-corrected chi connectivity index (χ2v) is 13.3. The minimum absolute atomic E-state index is 0.0765. The van der Waals surface area contributed by atoms with Crippen molar-refractivity contribution in [3.05, 3.63) is 0 Å². The molecule has 1 N–H and O–H groups in total. The molecule has 0 aliphatic carbocycles. The van der Waals surface area contributed by atoms with Crippen LogP contribution in [-0.2, 0) is 38.1 Å². The van der Waals surface area contributed by atoms with E-state index in [1.807, 2.05) is 0 Å². The van der Waals surface area contributed by atoms with Gasteiger partial charge in [-0.1, -0.05) is 117 Å². The second-order valence-electron chi connectivity index (χ2n) is 13.3. The maximum absolute atomic E-state index is 12.1. The Balaban J connectivity index is 3.64. The summed E-state index contributed by atoms with van der Waals surface area (Å²) in [5.74, 6) is -1.28. The van der Waals surface area contributed by atoms with E-state index in [9.17, 15) is 24.3 Å². The molecule has 0 saturated heterocycles. The summed E-state index contributed by atoms with van der Waals surface area (Å²) in [6.45, 7) is 5.49. The van der Waals surface area contributed by atoms with Crippen molar-refractivity contribution in [2.24, 2.45) is 5.92 Å². The number of carbonyl (C=O) groups is 4. The van der Waals surface area contributed by atoms with Crippen LogP contribution in [0.15, 0.2) is 0 Å². The third kappa shape index (κ3) is 33.7. The Hall–Kier alpha value is -2.16. The van der Waals surface area contributed by atoms with Gasteiger partial charge in [-0.3, -0.25) is 19.2 Å². The number of unbranched alkanes of at least 4 members (excludes halogenated alkanes) is 18. The summed E-state index contributed by atoms with van der Waals surface area (Å²) < 4.78 is 21.2. The highest BCUT2D eigenvalue weighted by molar-refractivity contribution is 5.70. The summed E-state index contributed by atoms with van der Waals surface area (Å²) in [4.78, 5) is 47.9. The number of rotatable bonds is 36. The Morgan fingerprint density at radius 2 is 0.729 bits per heavy atom. The van der Waals surface area contributed by atoms with E-state index in [4.69, 9.17) is 18.9 Å². The largest absolute Gasteiger partial charge is 0.466 e. The summed E-state index contributed by atoms with van der Waals surface area (Å²) in [5, 5.41) is 9.61. The highest BCUT2D eigenvalue weighted by atomic mass is 16.5. The monoisotopic (exact) mass is 685 g/mol. The molecule has 0 radical (unpaired) electrons. The molecule has 9 heteroatoms. The van der Waals surface area contributed by atoms with Gasteiger partial charge in [0.25, 0.3) is 0 Å². The van der Waals surface area contributed by atoms with Crippen LogP contribution in [0.5, 0.6) is 0 Å². The van der Waals surface area contributed by atoms with Gasteiger partial charge in [0.1, 0.15) is 0 Å². The number of hydrogen-bond donors (Lipinski definition) is 1. The predicted octanol–water partition coefficient (Wildman–Crippen LogP) is 9.34. The van der Waals surface area contributed by atoms with E-state index in [1.165, 1.54) is 77.0 Å². The molecule has 0 bridgehead atoms. The van der Waals surface area contributed by atoms with Gasteiger partial charge in [-0.25, -0.2) is 0 Å². The molecular weight excluding hydrogens is 612 g/mol. The molecule has 9 nitrogen and oxygen atoms in total. The molecule has 282 valence electrons. The minimum atomic E-state index is -0.334. The lowest BCUT2D eigenvalue weighted by molar-refractivity contribution is -0.148. The highest BCUT2D eigenvalue weighted by Crippen LogP contribution is 2.12. The molecular formula is C39H72O9. The molecule has 0 saturated carbocycles. The average molecular weight is 685 g/mol. The van der Waals surface area contributed by atoms with Gasteiger partial charge < -0.3 is 24.1 Å².